The van der Waals surface area contributed by atoms with Gasteiger partial charge in [0, 0.05) is 12.6 Å². The minimum Gasteiger partial charge on any atom is -0.355 e. The number of rotatable bonds is 2. The molecule has 0 saturated carbocycles. The first-order chi connectivity index (χ1) is 4.63. The van der Waals surface area contributed by atoms with E-state index >= 15 is 0 Å². The van der Waals surface area contributed by atoms with E-state index in [2.05, 4.69) is 11.9 Å². The van der Waals surface area contributed by atoms with E-state index in [1.807, 2.05) is 13.8 Å². The van der Waals surface area contributed by atoms with Crippen LogP contribution in [0.2, 0.25) is 0 Å². The van der Waals surface area contributed by atoms with Gasteiger partial charge in [-0.2, -0.15) is 0 Å². The molecule has 56 valence electrons. The van der Waals surface area contributed by atoms with Crippen LogP contribution in [0.3, 0.4) is 0 Å². The van der Waals surface area contributed by atoms with Crippen molar-refractivity contribution in [2.45, 2.75) is 13.8 Å². The highest BCUT2D eigenvalue weighted by Crippen LogP contribution is 2.05. The lowest BCUT2D eigenvalue weighted by atomic mass is 10.1. The molecular formula is C8H13NO. The van der Waals surface area contributed by atoms with Crippen molar-refractivity contribution in [2.24, 2.45) is 0 Å². The van der Waals surface area contributed by atoms with Gasteiger partial charge in [-0.05, 0) is 19.4 Å². The van der Waals surface area contributed by atoms with Crippen LogP contribution in [-0.4, -0.2) is 13.0 Å². The normalized spacial score (nSPS) is 10.9. The van der Waals surface area contributed by atoms with Crippen molar-refractivity contribution in [3.05, 3.63) is 23.8 Å². The van der Waals surface area contributed by atoms with E-state index in [-0.39, 0.29) is 5.91 Å². The summed E-state index contributed by atoms with van der Waals surface area (Å²) in [6, 6.07) is 0. The van der Waals surface area contributed by atoms with Gasteiger partial charge in [0.1, 0.15) is 0 Å². The SMILES string of the molecule is C=C(C)/C(=C\C)C(=O)NC. The highest BCUT2D eigenvalue weighted by atomic mass is 16.1. The first-order valence-corrected chi connectivity index (χ1v) is 3.17. The topological polar surface area (TPSA) is 29.1 Å². The quantitative estimate of drug-likeness (QED) is 0.453. The average Bonchev–Trinajstić information content (AvgIpc) is 1.88. The van der Waals surface area contributed by atoms with E-state index in [0.29, 0.717) is 5.57 Å². The third-order valence-corrected chi connectivity index (χ3v) is 1.22. The van der Waals surface area contributed by atoms with Crippen molar-refractivity contribution >= 4 is 5.91 Å². The third kappa shape index (κ3) is 2.05. The van der Waals surface area contributed by atoms with Crippen LogP contribution in [0.1, 0.15) is 13.8 Å². The lowest BCUT2D eigenvalue weighted by Gasteiger charge is -2.02. The fraction of sp³-hybridized carbons (Fsp3) is 0.375. The zero-order valence-corrected chi connectivity index (χ0v) is 6.69. The van der Waals surface area contributed by atoms with Crippen LogP contribution in [-0.2, 0) is 4.79 Å². The Labute approximate surface area is 61.6 Å². The summed E-state index contributed by atoms with van der Waals surface area (Å²) in [5.74, 6) is -0.0741. The second-order valence-electron chi connectivity index (χ2n) is 2.06. The van der Waals surface area contributed by atoms with E-state index in [9.17, 15) is 4.79 Å². The molecule has 0 aliphatic heterocycles. The first-order valence-electron chi connectivity index (χ1n) is 3.17. The molecular weight excluding hydrogens is 126 g/mol. The molecule has 2 heteroatoms. The number of likely N-dealkylation sites (N-methyl/N-ethyl adjacent to an activating group) is 1. The molecule has 0 spiro atoms. The molecule has 0 heterocycles. The van der Waals surface area contributed by atoms with Crippen molar-refractivity contribution in [1.82, 2.24) is 5.32 Å². The van der Waals surface area contributed by atoms with Gasteiger partial charge in [0.15, 0.2) is 0 Å². The van der Waals surface area contributed by atoms with Crippen LogP contribution in [0.4, 0.5) is 0 Å². The number of nitrogens with one attached hydrogen (secondary N) is 1. The van der Waals surface area contributed by atoms with Gasteiger partial charge in [0.05, 0.1) is 0 Å². The van der Waals surface area contributed by atoms with Crippen molar-refractivity contribution in [2.75, 3.05) is 7.05 Å². The van der Waals surface area contributed by atoms with Gasteiger partial charge in [-0.1, -0.05) is 12.7 Å². The molecule has 0 aliphatic rings. The van der Waals surface area contributed by atoms with Crippen LogP contribution in [0, 0.1) is 0 Å². The second kappa shape index (κ2) is 3.88. The van der Waals surface area contributed by atoms with Gasteiger partial charge < -0.3 is 5.32 Å². The van der Waals surface area contributed by atoms with Gasteiger partial charge in [-0.25, -0.2) is 0 Å². The highest BCUT2D eigenvalue weighted by molar-refractivity contribution is 5.97. The summed E-state index contributed by atoms with van der Waals surface area (Å²) in [6.45, 7) is 7.30. The minimum absolute atomic E-state index is 0.0741. The zero-order chi connectivity index (χ0) is 8.15. The van der Waals surface area contributed by atoms with Crippen molar-refractivity contribution in [3.8, 4) is 0 Å². The summed E-state index contributed by atoms with van der Waals surface area (Å²) in [5, 5.41) is 2.53. The van der Waals surface area contributed by atoms with Crippen LogP contribution in [0.25, 0.3) is 0 Å². The van der Waals surface area contributed by atoms with Gasteiger partial charge in [0.2, 0.25) is 0 Å². The van der Waals surface area contributed by atoms with Crippen LogP contribution in [0.15, 0.2) is 23.8 Å². The molecule has 0 bridgehead atoms. The van der Waals surface area contributed by atoms with Gasteiger partial charge >= 0.3 is 0 Å². The number of hydrogen-bond acceptors (Lipinski definition) is 1. The number of carbonyl (C=O) groups excluding carboxylic acids is 1. The second-order valence-corrected chi connectivity index (χ2v) is 2.06. The predicted octanol–water partition coefficient (Wildman–Crippen LogP) is 1.25. The Morgan fingerprint density at radius 2 is 2.10 bits per heavy atom. The standard InChI is InChI=1S/C8H13NO/c1-5-7(6(2)3)8(10)9-4/h5H,2H2,1,3-4H3,(H,9,10)/b7-5+. The fourth-order valence-electron chi connectivity index (χ4n) is 0.706. The molecule has 10 heavy (non-hydrogen) atoms. The Kier molecular flexibility index (Phi) is 3.47. The summed E-state index contributed by atoms with van der Waals surface area (Å²) in [6.07, 6.45) is 1.75. The molecule has 1 N–H and O–H groups in total. The van der Waals surface area contributed by atoms with E-state index in [1.54, 1.807) is 13.1 Å². The van der Waals surface area contributed by atoms with Crippen LogP contribution < -0.4 is 5.32 Å². The monoisotopic (exact) mass is 139 g/mol. The average molecular weight is 139 g/mol. The number of amides is 1. The molecule has 2 nitrogen and oxygen atoms in total. The molecule has 0 atom stereocenters. The molecule has 0 aliphatic carbocycles. The zero-order valence-electron chi connectivity index (χ0n) is 6.69. The molecule has 0 aromatic carbocycles. The van der Waals surface area contributed by atoms with Crippen molar-refractivity contribution in [1.29, 1.82) is 0 Å². The number of carbonyl (C=O) groups is 1. The summed E-state index contributed by atoms with van der Waals surface area (Å²) in [5.41, 5.74) is 1.45. The lowest BCUT2D eigenvalue weighted by Crippen LogP contribution is -2.20. The van der Waals surface area contributed by atoms with E-state index in [4.69, 9.17) is 0 Å². The summed E-state index contributed by atoms with van der Waals surface area (Å²) in [4.78, 5) is 10.9. The Balaban J connectivity index is 4.39. The van der Waals surface area contributed by atoms with E-state index in [0.717, 1.165) is 5.57 Å². The Bertz CT molecular complexity index is 180. The van der Waals surface area contributed by atoms with E-state index in [1.165, 1.54) is 0 Å². The van der Waals surface area contributed by atoms with Gasteiger partial charge in [-0.15, -0.1) is 0 Å². The molecule has 0 aromatic rings. The fourth-order valence-corrected chi connectivity index (χ4v) is 0.706. The maximum Gasteiger partial charge on any atom is 0.250 e. The molecule has 0 saturated heterocycles. The van der Waals surface area contributed by atoms with Crippen molar-refractivity contribution < 1.29 is 4.79 Å². The Hall–Kier alpha value is -1.05. The lowest BCUT2D eigenvalue weighted by molar-refractivity contribution is -0.116. The predicted molar refractivity (Wildman–Crippen MR) is 42.6 cm³/mol. The highest BCUT2D eigenvalue weighted by Gasteiger charge is 2.04. The maximum absolute atomic E-state index is 10.9. The first kappa shape index (κ1) is 8.95. The van der Waals surface area contributed by atoms with Crippen molar-refractivity contribution in [3.63, 3.8) is 0 Å². The number of allylic oxidation sites excluding steroid dienone is 1. The van der Waals surface area contributed by atoms with Crippen LogP contribution >= 0.6 is 0 Å². The maximum atomic E-state index is 10.9. The molecule has 0 aromatic heterocycles. The largest absolute Gasteiger partial charge is 0.355 e. The van der Waals surface area contributed by atoms with Gasteiger partial charge in [0.25, 0.3) is 5.91 Å². The Morgan fingerprint density at radius 1 is 1.60 bits per heavy atom. The molecule has 0 radical (unpaired) electrons. The number of hydrogen-bond donors (Lipinski definition) is 1. The molecule has 0 rings (SSSR count). The summed E-state index contributed by atoms with van der Waals surface area (Å²) >= 11 is 0. The summed E-state index contributed by atoms with van der Waals surface area (Å²) < 4.78 is 0. The van der Waals surface area contributed by atoms with Crippen LogP contribution in [0.5, 0.6) is 0 Å². The molecule has 0 fully saturated rings. The molecule has 0 unspecified atom stereocenters. The summed E-state index contributed by atoms with van der Waals surface area (Å²) in [7, 11) is 1.61. The minimum atomic E-state index is -0.0741. The third-order valence-electron chi connectivity index (χ3n) is 1.22. The van der Waals surface area contributed by atoms with Gasteiger partial charge in [-0.3, -0.25) is 4.79 Å². The molecule has 1 amide bonds. The smallest absolute Gasteiger partial charge is 0.250 e. The van der Waals surface area contributed by atoms with E-state index < -0.39 is 0 Å². The Morgan fingerprint density at radius 3 is 2.20 bits per heavy atom.